The van der Waals surface area contributed by atoms with Crippen molar-refractivity contribution in [2.45, 2.75) is 31.9 Å². The molecule has 0 aliphatic heterocycles. The van der Waals surface area contributed by atoms with Crippen molar-refractivity contribution in [2.75, 3.05) is 12.9 Å². The van der Waals surface area contributed by atoms with Gasteiger partial charge in [0.05, 0.1) is 13.5 Å². The molecule has 0 aliphatic rings. The summed E-state index contributed by atoms with van der Waals surface area (Å²) in [6.45, 7) is 6.40. The van der Waals surface area contributed by atoms with Gasteiger partial charge in [0.25, 0.3) is 0 Å². The largest absolute Gasteiger partial charge is 0.469 e. The van der Waals surface area contributed by atoms with Gasteiger partial charge in [0.1, 0.15) is 0 Å². The first kappa shape index (κ1) is 10.8. The lowest BCUT2D eigenvalue weighted by atomic mass is 10.3. The van der Waals surface area contributed by atoms with Gasteiger partial charge in [0.2, 0.25) is 0 Å². The predicted octanol–water partition coefficient (Wildman–Crippen LogP) is 2.08. The van der Waals surface area contributed by atoms with Crippen LogP contribution in [0, 0.1) is 0 Å². The number of esters is 1. The molecule has 3 heteroatoms. The first-order chi connectivity index (χ1) is 4.95. The van der Waals surface area contributed by atoms with E-state index in [9.17, 15) is 4.79 Å². The maximum atomic E-state index is 10.7. The van der Waals surface area contributed by atoms with Gasteiger partial charge in [0, 0.05) is 10.5 Å². The molecule has 0 saturated heterocycles. The topological polar surface area (TPSA) is 26.3 Å². The Bertz CT molecular complexity index is 127. The zero-order valence-corrected chi connectivity index (χ0v) is 8.46. The molecule has 0 heterocycles. The second kappa shape index (κ2) is 4.65. The number of hydrogen-bond donors (Lipinski definition) is 0. The summed E-state index contributed by atoms with van der Waals surface area (Å²) in [5, 5.41) is 0. The minimum atomic E-state index is -0.123. The first-order valence-corrected chi connectivity index (χ1v) is 4.65. The molecular weight excluding hydrogens is 160 g/mol. The van der Waals surface area contributed by atoms with Crippen molar-refractivity contribution in [3.8, 4) is 0 Å². The highest BCUT2D eigenvalue weighted by atomic mass is 32.2. The van der Waals surface area contributed by atoms with Gasteiger partial charge in [-0.15, -0.1) is 0 Å². The SMILES string of the molecule is COC(=O)CCSC(C)(C)C. The molecular formula is C8H16O2S. The van der Waals surface area contributed by atoms with Crippen LogP contribution in [0.5, 0.6) is 0 Å². The van der Waals surface area contributed by atoms with E-state index < -0.39 is 0 Å². The van der Waals surface area contributed by atoms with Crippen LogP contribution in [0.4, 0.5) is 0 Å². The molecule has 0 aliphatic carbocycles. The van der Waals surface area contributed by atoms with E-state index in [1.807, 2.05) is 0 Å². The molecule has 0 N–H and O–H groups in total. The molecule has 0 radical (unpaired) electrons. The summed E-state index contributed by atoms with van der Waals surface area (Å²) in [6.07, 6.45) is 0.512. The van der Waals surface area contributed by atoms with Gasteiger partial charge >= 0.3 is 5.97 Å². The van der Waals surface area contributed by atoms with Crippen LogP contribution in [0.1, 0.15) is 27.2 Å². The number of hydrogen-bond acceptors (Lipinski definition) is 3. The minimum Gasteiger partial charge on any atom is -0.469 e. The Morgan fingerprint density at radius 3 is 2.36 bits per heavy atom. The molecule has 0 aromatic heterocycles. The summed E-state index contributed by atoms with van der Waals surface area (Å²) in [6, 6.07) is 0. The van der Waals surface area contributed by atoms with E-state index in [1.165, 1.54) is 7.11 Å². The van der Waals surface area contributed by atoms with E-state index in [-0.39, 0.29) is 10.7 Å². The van der Waals surface area contributed by atoms with Gasteiger partial charge in [-0.3, -0.25) is 4.79 Å². The van der Waals surface area contributed by atoms with Crippen molar-refractivity contribution in [2.24, 2.45) is 0 Å². The van der Waals surface area contributed by atoms with E-state index in [4.69, 9.17) is 0 Å². The highest BCUT2D eigenvalue weighted by Crippen LogP contribution is 2.23. The lowest BCUT2D eigenvalue weighted by Crippen LogP contribution is -2.10. The second-order valence-electron chi connectivity index (χ2n) is 3.29. The number of rotatable bonds is 3. The van der Waals surface area contributed by atoms with Crippen LogP contribution < -0.4 is 0 Å². The van der Waals surface area contributed by atoms with Crippen LogP contribution in [0.2, 0.25) is 0 Å². The molecule has 0 unspecified atom stereocenters. The smallest absolute Gasteiger partial charge is 0.306 e. The monoisotopic (exact) mass is 176 g/mol. The van der Waals surface area contributed by atoms with E-state index >= 15 is 0 Å². The standard InChI is InChI=1S/C8H16O2S/c1-8(2,3)11-6-5-7(9)10-4/h5-6H2,1-4H3. The molecule has 0 bridgehead atoms. The number of ether oxygens (including phenoxy) is 1. The van der Waals surface area contributed by atoms with Crippen molar-refractivity contribution in [3.05, 3.63) is 0 Å². The molecule has 0 aromatic rings. The number of carbonyl (C=O) groups excluding carboxylic acids is 1. The van der Waals surface area contributed by atoms with Gasteiger partial charge in [0.15, 0.2) is 0 Å². The van der Waals surface area contributed by atoms with Gasteiger partial charge in [-0.2, -0.15) is 11.8 Å². The number of methoxy groups -OCH3 is 1. The minimum absolute atomic E-state index is 0.123. The Labute approximate surface area is 72.7 Å². The maximum absolute atomic E-state index is 10.7. The van der Waals surface area contributed by atoms with E-state index in [2.05, 4.69) is 25.5 Å². The molecule has 0 atom stereocenters. The summed E-state index contributed by atoms with van der Waals surface area (Å²) in [4.78, 5) is 10.7. The van der Waals surface area contributed by atoms with Gasteiger partial charge < -0.3 is 4.74 Å². The van der Waals surface area contributed by atoms with Crippen LogP contribution in [-0.4, -0.2) is 23.6 Å². The molecule has 0 fully saturated rings. The summed E-state index contributed by atoms with van der Waals surface area (Å²) < 4.78 is 4.76. The van der Waals surface area contributed by atoms with Crippen molar-refractivity contribution in [1.82, 2.24) is 0 Å². The van der Waals surface area contributed by atoms with Crippen LogP contribution in [-0.2, 0) is 9.53 Å². The third-order valence-corrected chi connectivity index (χ3v) is 2.34. The summed E-state index contributed by atoms with van der Waals surface area (Å²) >= 11 is 1.78. The maximum Gasteiger partial charge on any atom is 0.306 e. The zero-order chi connectivity index (χ0) is 8.91. The summed E-state index contributed by atoms with van der Waals surface area (Å²) in [7, 11) is 1.42. The third-order valence-electron chi connectivity index (χ3n) is 1.07. The van der Waals surface area contributed by atoms with Crippen LogP contribution in [0.3, 0.4) is 0 Å². The van der Waals surface area contributed by atoms with Gasteiger partial charge in [-0.1, -0.05) is 20.8 Å². The predicted molar refractivity (Wildman–Crippen MR) is 48.8 cm³/mol. The normalized spacial score (nSPS) is 11.3. The fourth-order valence-corrected chi connectivity index (χ4v) is 1.42. The summed E-state index contributed by atoms with van der Waals surface area (Å²) in [5.74, 6) is 0.720. The molecule has 0 spiro atoms. The average Bonchev–Trinajstić information content (AvgIpc) is 1.85. The lowest BCUT2D eigenvalue weighted by Gasteiger charge is -2.16. The van der Waals surface area contributed by atoms with Crippen molar-refractivity contribution < 1.29 is 9.53 Å². The Balaban J connectivity index is 3.35. The van der Waals surface area contributed by atoms with Crippen molar-refractivity contribution in [3.63, 3.8) is 0 Å². The fraction of sp³-hybridized carbons (Fsp3) is 0.875. The molecule has 0 saturated carbocycles. The fourth-order valence-electron chi connectivity index (χ4n) is 0.543. The number of thioether (sulfide) groups is 1. The molecule has 0 amide bonds. The van der Waals surface area contributed by atoms with Crippen LogP contribution in [0.15, 0.2) is 0 Å². The van der Waals surface area contributed by atoms with Crippen LogP contribution in [0.25, 0.3) is 0 Å². The van der Waals surface area contributed by atoms with Crippen molar-refractivity contribution in [1.29, 1.82) is 0 Å². The summed E-state index contributed by atoms with van der Waals surface area (Å²) in [5.41, 5.74) is 0. The molecule has 0 rings (SSSR count). The molecule has 66 valence electrons. The van der Waals surface area contributed by atoms with Gasteiger partial charge in [-0.25, -0.2) is 0 Å². The van der Waals surface area contributed by atoms with Crippen molar-refractivity contribution >= 4 is 17.7 Å². The van der Waals surface area contributed by atoms with E-state index in [0.29, 0.717) is 6.42 Å². The highest BCUT2D eigenvalue weighted by Gasteiger charge is 2.11. The zero-order valence-electron chi connectivity index (χ0n) is 7.64. The Kier molecular flexibility index (Phi) is 4.57. The highest BCUT2D eigenvalue weighted by molar-refractivity contribution is 8.00. The van der Waals surface area contributed by atoms with Crippen LogP contribution >= 0.6 is 11.8 Å². The number of carbonyl (C=O) groups is 1. The third kappa shape index (κ3) is 7.72. The Morgan fingerprint density at radius 1 is 1.45 bits per heavy atom. The van der Waals surface area contributed by atoms with E-state index in [0.717, 1.165) is 5.75 Å². The second-order valence-corrected chi connectivity index (χ2v) is 5.21. The Hall–Kier alpha value is -0.180. The molecule has 11 heavy (non-hydrogen) atoms. The average molecular weight is 176 g/mol. The Morgan fingerprint density at radius 2 is 2.00 bits per heavy atom. The first-order valence-electron chi connectivity index (χ1n) is 3.66. The lowest BCUT2D eigenvalue weighted by molar-refractivity contribution is -0.140. The van der Waals surface area contributed by atoms with Gasteiger partial charge in [-0.05, 0) is 0 Å². The quantitative estimate of drug-likeness (QED) is 0.616. The van der Waals surface area contributed by atoms with E-state index in [1.54, 1.807) is 11.8 Å². The molecule has 2 nitrogen and oxygen atoms in total. The molecule has 0 aromatic carbocycles.